The molecule has 1 aliphatic heterocycles. The van der Waals surface area contributed by atoms with Crippen molar-refractivity contribution in [2.45, 2.75) is 37.5 Å². The van der Waals surface area contributed by atoms with Crippen molar-refractivity contribution < 1.29 is 9.59 Å². The number of amides is 2. The Morgan fingerprint density at radius 2 is 1.91 bits per heavy atom. The lowest BCUT2D eigenvalue weighted by Gasteiger charge is -2.24. The second-order valence-electron chi connectivity index (χ2n) is 7.97. The summed E-state index contributed by atoms with van der Waals surface area (Å²) in [6.45, 7) is 7.05. The largest absolute Gasteiger partial charge is 0.328 e. The fraction of sp³-hybridized carbons (Fsp3) is 0.280. The monoisotopic (exact) mass is 461 g/mol. The number of thioether (sulfide) groups is 1. The number of nitrogens with one attached hydrogen (secondary N) is 1. The number of aromatic nitrogens is 3. The molecule has 0 spiro atoms. The van der Waals surface area contributed by atoms with Crippen LogP contribution in [0.25, 0.3) is 0 Å². The highest BCUT2D eigenvalue weighted by Gasteiger charge is 2.34. The first-order valence-corrected chi connectivity index (χ1v) is 11.9. The first kappa shape index (κ1) is 22.8. The molecule has 33 heavy (non-hydrogen) atoms. The van der Waals surface area contributed by atoms with Crippen molar-refractivity contribution in [2.24, 2.45) is 0 Å². The van der Waals surface area contributed by atoms with E-state index in [-0.39, 0.29) is 23.6 Å². The Kier molecular flexibility index (Phi) is 7.24. The van der Waals surface area contributed by atoms with E-state index >= 15 is 0 Å². The molecular weight excluding hydrogens is 434 g/mol. The van der Waals surface area contributed by atoms with Gasteiger partial charge in [0.2, 0.25) is 5.91 Å². The van der Waals surface area contributed by atoms with Crippen molar-refractivity contribution in [3.8, 4) is 0 Å². The Bertz CT molecular complexity index is 1130. The van der Waals surface area contributed by atoms with Crippen LogP contribution < -0.4 is 5.32 Å². The summed E-state index contributed by atoms with van der Waals surface area (Å²) in [5.74, 6) is 0.833. The lowest BCUT2D eigenvalue weighted by atomic mass is 10.1. The predicted molar refractivity (Wildman–Crippen MR) is 130 cm³/mol. The maximum atomic E-state index is 13.2. The van der Waals surface area contributed by atoms with Crippen molar-refractivity contribution in [2.75, 3.05) is 17.6 Å². The van der Waals surface area contributed by atoms with Gasteiger partial charge in [0.05, 0.1) is 11.8 Å². The number of para-hydroxylation sites is 1. The third kappa shape index (κ3) is 5.34. The molecule has 0 aliphatic carbocycles. The standard InChI is InChI=1S/C25H27N5O2S/c1-3-15-30-23(21-10-7-16-29(21)24(32)19-13-11-18(2)12-14-19)27-28-25(30)33-17-22(31)26-20-8-5-4-6-9-20/h3-6,8-9,11-14,21H,1,7,10,15-17H2,2H3,(H,26,31). The number of hydrogen-bond donors (Lipinski definition) is 1. The normalized spacial score (nSPS) is 15.4. The fourth-order valence-corrected chi connectivity index (χ4v) is 4.70. The van der Waals surface area contributed by atoms with E-state index in [4.69, 9.17) is 0 Å². The minimum atomic E-state index is -0.154. The Morgan fingerprint density at radius 3 is 2.64 bits per heavy atom. The molecule has 2 heterocycles. The summed E-state index contributed by atoms with van der Waals surface area (Å²) in [6, 6.07) is 16.8. The van der Waals surface area contributed by atoms with E-state index < -0.39 is 0 Å². The Labute approximate surface area is 197 Å². The van der Waals surface area contributed by atoms with Crippen molar-refractivity contribution >= 4 is 29.3 Å². The van der Waals surface area contributed by atoms with Crippen LogP contribution in [0.1, 0.15) is 40.6 Å². The fourth-order valence-electron chi connectivity index (χ4n) is 3.94. The first-order valence-electron chi connectivity index (χ1n) is 11.0. The summed E-state index contributed by atoms with van der Waals surface area (Å²) in [6.07, 6.45) is 3.51. The lowest BCUT2D eigenvalue weighted by Crippen LogP contribution is -2.32. The maximum absolute atomic E-state index is 13.2. The lowest BCUT2D eigenvalue weighted by molar-refractivity contribution is -0.113. The number of aryl methyl sites for hydroxylation is 1. The molecule has 7 nitrogen and oxygen atoms in total. The summed E-state index contributed by atoms with van der Waals surface area (Å²) >= 11 is 1.33. The molecule has 2 aromatic carbocycles. The van der Waals surface area contributed by atoms with Crippen LogP contribution in [0.15, 0.2) is 72.4 Å². The van der Waals surface area contributed by atoms with Crippen LogP contribution in [0.4, 0.5) is 5.69 Å². The van der Waals surface area contributed by atoms with Crippen LogP contribution in [0.3, 0.4) is 0 Å². The zero-order valence-electron chi connectivity index (χ0n) is 18.6. The van der Waals surface area contributed by atoms with Gasteiger partial charge in [0.25, 0.3) is 5.91 Å². The van der Waals surface area contributed by atoms with Crippen molar-refractivity contribution in [1.82, 2.24) is 19.7 Å². The first-order chi connectivity index (χ1) is 16.1. The topological polar surface area (TPSA) is 80.1 Å². The van der Waals surface area contributed by atoms with E-state index in [9.17, 15) is 9.59 Å². The number of hydrogen-bond acceptors (Lipinski definition) is 5. The van der Waals surface area contributed by atoms with E-state index in [1.807, 2.05) is 71.0 Å². The van der Waals surface area contributed by atoms with Crippen molar-refractivity contribution in [1.29, 1.82) is 0 Å². The van der Waals surface area contributed by atoms with Crippen LogP contribution in [-0.2, 0) is 11.3 Å². The third-order valence-electron chi connectivity index (χ3n) is 5.56. The Balaban J connectivity index is 1.49. The Morgan fingerprint density at radius 1 is 1.15 bits per heavy atom. The van der Waals surface area contributed by atoms with Crippen molar-refractivity contribution in [3.63, 3.8) is 0 Å². The summed E-state index contributed by atoms with van der Waals surface area (Å²) in [7, 11) is 0. The van der Waals surface area contributed by atoms with Gasteiger partial charge in [-0.2, -0.15) is 0 Å². The number of likely N-dealkylation sites (tertiary alicyclic amines) is 1. The molecule has 0 radical (unpaired) electrons. The van der Waals surface area contributed by atoms with Crippen molar-refractivity contribution in [3.05, 3.63) is 84.2 Å². The molecule has 4 rings (SSSR count). The zero-order chi connectivity index (χ0) is 23.2. The zero-order valence-corrected chi connectivity index (χ0v) is 19.4. The van der Waals surface area contributed by atoms with Crippen LogP contribution in [0.5, 0.6) is 0 Å². The molecule has 0 saturated carbocycles. The van der Waals surface area contributed by atoms with Gasteiger partial charge >= 0.3 is 0 Å². The second kappa shape index (κ2) is 10.5. The minimum Gasteiger partial charge on any atom is -0.328 e. The highest BCUT2D eigenvalue weighted by atomic mass is 32.2. The highest BCUT2D eigenvalue weighted by Crippen LogP contribution is 2.34. The number of allylic oxidation sites excluding steroid dienone is 1. The number of nitrogens with zero attached hydrogens (tertiary/aromatic N) is 4. The molecule has 8 heteroatoms. The molecule has 1 fully saturated rings. The van der Waals surface area contributed by atoms with Gasteiger partial charge in [-0.25, -0.2) is 0 Å². The molecule has 1 saturated heterocycles. The van der Waals surface area contributed by atoms with Crippen LogP contribution in [0, 0.1) is 6.92 Å². The van der Waals surface area contributed by atoms with Gasteiger partial charge in [0.1, 0.15) is 0 Å². The highest BCUT2D eigenvalue weighted by molar-refractivity contribution is 7.99. The number of carbonyl (C=O) groups excluding carboxylic acids is 2. The third-order valence-corrected chi connectivity index (χ3v) is 6.52. The number of rotatable bonds is 8. The minimum absolute atomic E-state index is 0.00194. The molecule has 3 aromatic rings. The van der Waals surface area contributed by atoms with E-state index in [1.54, 1.807) is 6.08 Å². The molecule has 1 aromatic heterocycles. The molecule has 170 valence electrons. The molecule has 1 aliphatic rings. The van der Waals surface area contributed by atoms with E-state index in [0.717, 1.165) is 29.9 Å². The second-order valence-corrected chi connectivity index (χ2v) is 8.91. The number of benzene rings is 2. The Hall–Kier alpha value is -3.39. The summed E-state index contributed by atoms with van der Waals surface area (Å²) < 4.78 is 1.96. The van der Waals surface area contributed by atoms with E-state index in [0.29, 0.717) is 23.8 Å². The van der Waals surface area contributed by atoms with Gasteiger partial charge < -0.3 is 14.8 Å². The molecule has 1 atom stereocenters. The quantitative estimate of drug-likeness (QED) is 0.395. The van der Waals surface area contributed by atoms with Crippen LogP contribution in [-0.4, -0.2) is 43.8 Å². The number of carbonyl (C=O) groups is 2. The summed E-state index contributed by atoms with van der Waals surface area (Å²) in [4.78, 5) is 27.5. The van der Waals surface area contributed by atoms with Gasteiger partial charge in [-0.05, 0) is 44.0 Å². The molecule has 0 bridgehead atoms. The maximum Gasteiger partial charge on any atom is 0.254 e. The van der Waals surface area contributed by atoms with Gasteiger partial charge in [-0.1, -0.05) is 53.7 Å². The van der Waals surface area contributed by atoms with Crippen LogP contribution in [0.2, 0.25) is 0 Å². The average Bonchev–Trinajstić information content (AvgIpc) is 3.46. The number of anilines is 1. The van der Waals surface area contributed by atoms with Gasteiger partial charge in [0.15, 0.2) is 11.0 Å². The van der Waals surface area contributed by atoms with Gasteiger partial charge in [-0.15, -0.1) is 16.8 Å². The predicted octanol–water partition coefficient (Wildman–Crippen LogP) is 4.48. The smallest absolute Gasteiger partial charge is 0.254 e. The van der Waals surface area contributed by atoms with Gasteiger partial charge in [0, 0.05) is 24.3 Å². The average molecular weight is 462 g/mol. The molecule has 2 amide bonds. The summed E-state index contributed by atoms with van der Waals surface area (Å²) in [5, 5.41) is 12.3. The molecular formula is C25H27N5O2S. The molecule has 1 unspecified atom stereocenters. The van der Waals surface area contributed by atoms with E-state index in [1.165, 1.54) is 11.8 Å². The van der Waals surface area contributed by atoms with Crippen LogP contribution >= 0.6 is 11.8 Å². The van der Waals surface area contributed by atoms with Gasteiger partial charge in [-0.3, -0.25) is 9.59 Å². The SMILES string of the molecule is C=CCn1c(SCC(=O)Nc2ccccc2)nnc1C1CCCN1C(=O)c1ccc(C)cc1. The molecule has 1 N–H and O–H groups in total. The summed E-state index contributed by atoms with van der Waals surface area (Å²) in [5.41, 5.74) is 2.55. The van der Waals surface area contributed by atoms with E-state index in [2.05, 4.69) is 22.1 Å².